The SMILES string of the molecule is O=C(O)Cn1nnnc1C1CCS(=O)(=O)C1. The molecule has 1 aromatic rings. The van der Waals surface area contributed by atoms with Crippen LogP contribution in [0.15, 0.2) is 0 Å². The molecule has 16 heavy (non-hydrogen) atoms. The minimum absolute atomic E-state index is 0.00695. The van der Waals surface area contributed by atoms with Gasteiger partial charge in [0.05, 0.1) is 11.5 Å². The Morgan fingerprint density at radius 3 is 2.88 bits per heavy atom. The average molecular weight is 246 g/mol. The van der Waals surface area contributed by atoms with Gasteiger partial charge in [-0.15, -0.1) is 5.10 Å². The van der Waals surface area contributed by atoms with Crippen LogP contribution in [0.25, 0.3) is 0 Å². The molecule has 0 bridgehead atoms. The van der Waals surface area contributed by atoms with Gasteiger partial charge in [0, 0.05) is 5.92 Å². The number of hydrogen-bond donors (Lipinski definition) is 1. The maximum Gasteiger partial charge on any atom is 0.325 e. The minimum Gasteiger partial charge on any atom is -0.480 e. The number of aliphatic carboxylic acids is 1. The number of tetrazole rings is 1. The molecule has 1 atom stereocenters. The molecule has 1 N–H and O–H groups in total. The molecule has 0 spiro atoms. The van der Waals surface area contributed by atoms with E-state index in [1.807, 2.05) is 0 Å². The number of carboxylic acids is 1. The van der Waals surface area contributed by atoms with E-state index in [4.69, 9.17) is 5.11 Å². The molecule has 2 rings (SSSR count). The fraction of sp³-hybridized carbons (Fsp3) is 0.714. The topological polar surface area (TPSA) is 115 Å². The maximum atomic E-state index is 11.3. The highest BCUT2D eigenvalue weighted by molar-refractivity contribution is 7.91. The van der Waals surface area contributed by atoms with E-state index in [1.54, 1.807) is 0 Å². The predicted octanol–water partition coefficient (Wildman–Crippen LogP) is -1.34. The zero-order chi connectivity index (χ0) is 11.8. The van der Waals surface area contributed by atoms with Crippen LogP contribution in [-0.4, -0.2) is 51.2 Å². The second kappa shape index (κ2) is 3.81. The van der Waals surface area contributed by atoms with Crippen molar-refractivity contribution in [2.45, 2.75) is 18.9 Å². The maximum absolute atomic E-state index is 11.3. The fourth-order valence-electron chi connectivity index (χ4n) is 1.74. The van der Waals surface area contributed by atoms with E-state index in [0.29, 0.717) is 12.2 Å². The number of aromatic nitrogens is 4. The van der Waals surface area contributed by atoms with E-state index in [9.17, 15) is 13.2 Å². The zero-order valence-electron chi connectivity index (χ0n) is 8.27. The van der Waals surface area contributed by atoms with Crippen LogP contribution in [0.3, 0.4) is 0 Å². The number of carboxylic acid groups (broad SMARTS) is 1. The molecule has 1 saturated heterocycles. The summed E-state index contributed by atoms with van der Waals surface area (Å²) in [6.45, 7) is -0.348. The molecule has 0 amide bonds. The average Bonchev–Trinajstić information content (AvgIpc) is 2.71. The summed E-state index contributed by atoms with van der Waals surface area (Å²) in [5.74, 6) is -0.915. The van der Waals surface area contributed by atoms with Gasteiger partial charge in [-0.2, -0.15) is 0 Å². The van der Waals surface area contributed by atoms with Gasteiger partial charge in [0.2, 0.25) is 0 Å². The van der Waals surface area contributed by atoms with Crippen LogP contribution in [0.2, 0.25) is 0 Å². The first-order chi connectivity index (χ1) is 7.48. The summed E-state index contributed by atoms with van der Waals surface area (Å²) in [4.78, 5) is 10.5. The molecule has 8 nitrogen and oxygen atoms in total. The van der Waals surface area contributed by atoms with Crippen molar-refractivity contribution in [1.82, 2.24) is 20.2 Å². The Labute approximate surface area is 91.2 Å². The first-order valence-corrected chi connectivity index (χ1v) is 6.48. The largest absolute Gasteiger partial charge is 0.480 e. The van der Waals surface area contributed by atoms with Crippen molar-refractivity contribution in [3.63, 3.8) is 0 Å². The van der Waals surface area contributed by atoms with Gasteiger partial charge in [0.1, 0.15) is 6.54 Å². The molecule has 1 fully saturated rings. The molecule has 0 aromatic carbocycles. The lowest BCUT2D eigenvalue weighted by Crippen LogP contribution is -2.16. The smallest absolute Gasteiger partial charge is 0.325 e. The third-order valence-electron chi connectivity index (χ3n) is 2.44. The van der Waals surface area contributed by atoms with Crippen molar-refractivity contribution >= 4 is 15.8 Å². The van der Waals surface area contributed by atoms with Crippen molar-refractivity contribution in [2.24, 2.45) is 0 Å². The van der Waals surface area contributed by atoms with Crippen LogP contribution in [0.5, 0.6) is 0 Å². The quantitative estimate of drug-likeness (QED) is 0.701. The monoisotopic (exact) mass is 246 g/mol. The van der Waals surface area contributed by atoms with Crippen molar-refractivity contribution in [3.05, 3.63) is 5.82 Å². The van der Waals surface area contributed by atoms with Crippen molar-refractivity contribution < 1.29 is 18.3 Å². The van der Waals surface area contributed by atoms with Gasteiger partial charge in [0.25, 0.3) is 0 Å². The number of carbonyl (C=O) groups is 1. The van der Waals surface area contributed by atoms with Gasteiger partial charge >= 0.3 is 5.97 Å². The molecular weight excluding hydrogens is 236 g/mol. The summed E-state index contributed by atoms with van der Waals surface area (Å²) in [5.41, 5.74) is 0. The fourth-order valence-corrected chi connectivity index (χ4v) is 3.48. The van der Waals surface area contributed by atoms with Crippen molar-refractivity contribution in [2.75, 3.05) is 11.5 Å². The molecule has 1 unspecified atom stereocenters. The Bertz CT molecular complexity index is 508. The Morgan fingerprint density at radius 2 is 2.31 bits per heavy atom. The van der Waals surface area contributed by atoms with Gasteiger partial charge in [0.15, 0.2) is 15.7 Å². The Kier molecular flexibility index (Phi) is 2.62. The highest BCUT2D eigenvalue weighted by Crippen LogP contribution is 2.26. The van der Waals surface area contributed by atoms with Gasteiger partial charge in [-0.05, 0) is 16.8 Å². The van der Waals surface area contributed by atoms with Crippen LogP contribution < -0.4 is 0 Å². The number of nitrogens with zero attached hydrogens (tertiary/aromatic N) is 4. The third-order valence-corrected chi connectivity index (χ3v) is 4.21. The summed E-state index contributed by atoms with van der Waals surface area (Å²) in [7, 11) is -3.02. The van der Waals surface area contributed by atoms with Crippen molar-refractivity contribution in [3.8, 4) is 0 Å². The van der Waals surface area contributed by atoms with E-state index in [0.717, 1.165) is 4.68 Å². The van der Waals surface area contributed by atoms with E-state index < -0.39 is 15.8 Å². The summed E-state index contributed by atoms with van der Waals surface area (Å²) in [6.07, 6.45) is 0.447. The summed E-state index contributed by atoms with van der Waals surface area (Å²) in [6, 6.07) is 0. The summed E-state index contributed by atoms with van der Waals surface area (Å²) in [5, 5.41) is 19.2. The summed E-state index contributed by atoms with van der Waals surface area (Å²) >= 11 is 0. The standard InChI is InChI=1S/C7H10N4O4S/c12-6(13)3-11-7(8-9-10-11)5-1-2-16(14,15)4-5/h5H,1-4H2,(H,12,13). The zero-order valence-corrected chi connectivity index (χ0v) is 9.09. The molecule has 2 heterocycles. The predicted molar refractivity (Wildman–Crippen MR) is 51.5 cm³/mol. The lowest BCUT2D eigenvalue weighted by Gasteiger charge is -2.05. The van der Waals surface area contributed by atoms with Gasteiger partial charge in [-0.25, -0.2) is 13.1 Å². The first-order valence-electron chi connectivity index (χ1n) is 4.66. The normalized spacial score (nSPS) is 23.4. The van der Waals surface area contributed by atoms with Crippen LogP contribution >= 0.6 is 0 Å². The molecular formula is C7H10N4O4S. The minimum atomic E-state index is -3.02. The third kappa shape index (κ3) is 2.18. The molecule has 0 radical (unpaired) electrons. The van der Waals surface area contributed by atoms with Crippen molar-refractivity contribution in [1.29, 1.82) is 0 Å². The molecule has 1 aromatic heterocycles. The molecule has 0 saturated carbocycles. The van der Waals surface area contributed by atoms with E-state index in [2.05, 4.69) is 15.5 Å². The van der Waals surface area contributed by atoms with E-state index >= 15 is 0 Å². The summed E-state index contributed by atoms with van der Waals surface area (Å²) < 4.78 is 23.7. The van der Waals surface area contributed by atoms with Gasteiger partial charge in [-0.1, -0.05) is 0 Å². The molecule has 1 aliphatic heterocycles. The Morgan fingerprint density at radius 1 is 1.56 bits per heavy atom. The lowest BCUT2D eigenvalue weighted by molar-refractivity contribution is -0.138. The first kappa shape index (κ1) is 11.0. The molecule has 9 heteroatoms. The Hall–Kier alpha value is -1.51. The lowest BCUT2D eigenvalue weighted by atomic mass is 10.1. The molecule has 88 valence electrons. The van der Waals surface area contributed by atoms with Gasteiger partial charge in [-0.3, -0.25) is 4.79 Å². The highest BCUT2D eigenvalue weighted by Gasteiger charge is 2.32. The molecule has 0 aliphatic carbocycles. The van der Waals surface area contributed by atoms with Crippen LogP contribution in [-0.2, 0) is 21.2 Å². The molecule has 1 aliphatic rings. The van der Waals surface area contributed by atoms with Crippen LogP contribution in [0.4, 0.5) is 0 Å². The highest BCUT2D eigenvalue weighted by atomic mass is 32.2. The van der Waals surface area contributed by atoms with E-state index in [1.165, 1.54) is 0 Å². The number of rotatable bonds is 3. The van der Waals surface area contributed by atoms with Crippen LogP contribution in [0.1, 0.15) is 18.2 Å². The number of sulfone groups is 1. The number of hydrogen-bond acceptors (Lipinski definition) is 6. The second-order valence-electron chi connectivity index (χ2n) is 3.69. The second-order valence-corrected chi connectivity index (χ2v) is 5.92. The van der Waals surface area contributed by atoms with Gasteiger partial charge < -0.3 is 5.11 Å². The van der Waals surface area contributed by atoms with E-state index in [-0.39, 0.29) is 24.0 Å². The van der Waals surface area contributed by atoms with Crippen LogP contribution in [0, 0.1) is 0 Å². The Balaban J connectivity index is 2.22.